The smallest absolute Gasteiger partial charge is 0.253 e. The molecule has 0 aliphatic carbocycles. The maximum absolute atomic E-state index is 11.7. The van der Waals surface area contributed by atoms with Crippen molar-refractivity contribution in [1.29, 1.82) is 0 Å². The summed E-state index contributed by atoms with van der Waals surface area (Å²) in [5.74, 6) is -0.416. The van der Waals surface area contributed by atoms with Crippen molar-refractivity contribution in [2.45, 2.75) is 52.6 Å². The quantitative estimate of drug-likeness (QED) is 0.614. The molecule has 0 saturated carbocycles. The van der Waals surface area contributed by atoms with E-state index in [0.717, 1.165) is 26.2 Å². The predicted molar refractivity (Wildman–Crippen MR) is 97.8 cm³/mol. The van der Waals surface area contributed by atoms with Crippen molar-refractivity contribution in [1.82, 2.24) is 20.4 Å². The standard InChI is InChI=1S/C18H34N4O2/c1-17(2,3)19-9-11-21(12-10-20-18(4,5)6)13-14-22-15(23)7-8-16(22)24/h7-8,19-20H,9-14H2,1-6H3. The van der Waals surface area contributed by atoms with Gasteiger partial charge in [0.25, 0.3) is 11.8 Å². The number of carbonyl (C=O) groups is 2. The fourth-order valence-corrected chi connectivity index (χ4v) is 2.41. The summed E-state index contributed by atoms with van der Waals surface area (Å²) in [6.07, 6.45) is 2.68. The van der Waals surface area contributed by atoms with Gasteiger partial charge < -0.3 is 10.6 Å². The lowest BCUT2D eigenvalue weighted by Gasteiger charge is -2.29. The van der Waals surface area contributed by atoms with Gasteiger partial charge in [-0.1, -0.05) is 0 Å². The summed E-state index contributed by atoms with van der Waals surface area (Å²) in [6, 6.07) is 0. The zero-order valence-electron chi connectivity index (χ0n) is 16.1. The Balaban J connectivity index is 2.46. The summed E-state index contributed by atoms with van der Waals surface area (Å²) in [5, 5.41) is 6.97. The number of rotatable bonds is 9. The van der Waals surface area contributed by atoms with Gasteiger partial charge in [0, 0.05) is 62.5 Å². The molecule has 2 amide bonds. The first kappa shape index (κ1) is 20.8. The van der Waals surface area contributed by atoms with Crippen molar-refractivity contribution in [2.24, 2.45) is 0 Å². The molecule has 6 heteroatoms. The lowest BCUT2D eigenvalue weighted by molar-refractivity contribution is -0.137. The lowest BCUT2D eigenvalue weighted by atomic mass is 10.1. The van der Waals surface area contributed by atoms with Crippen molar-refractivity contribution in [3.63, 3.8) is 0 Å². The Morgan fingerprint density at radius 3 is 1.62 bits per heavy atom. The summed E-state index contributed by atoms with van der Waals surface area (Å²) in [5.41, 5.74) is 0.167. The maximum Gasteiger partial charge on any atom is 0.253 e. The Morgan fingerprint density at radius 2 is 1.25 bits per heavy atom. The second-order valence-electron chi connectivity index (χ2n) is 8.36. The molecule has 0 aromatic rings. The number of nitrogens with zero attached hydrogens (tertiary/aromatic N) is 2. The van der Waals surface area contributed by atoms with Crippen LogP contribution in [0.5, 0.6) is 0 Å². The van der Waals surface area contributed by atoms with Gasteiger partial charge in [-0.2, -0.15) is 0 Å². The molecule has 1 rings (SSSR count). The molecule has 0 atom stereocenters. The first-order valence-electron chi connectivity index (χ1n) is 8.74. The minimum absolute atomic E-state index is 0.0835. The highest BCUT2D eigenvalue weighted by Crippen LogP contribution is 2.04. The molecular weight excluding hydrogens is 304 g/mol. The molecular formula is C18H34N4O2. The van der Waals surface area contributed by atoms with Crippen LogP contribution in [-0.4, -0.2) is 72.0 Å². The van der Waals surface area contributed by atoms with Crippen molar-refractivity contribution in [3.8, 4) is 0 Å². The van der Waals surface area contributed by atoms with Crippen LogP contribution in [0.3, 0.4) is 0 Å². The molecule has 2 N–H and O–H groups in total. The van der Waals surface area contributed by atoms with Crippen LogP contribution in [-0.2, 0) is 9.59 Å². The highest BCUT2D eigenvalue weighted by Gasteiger charge is 2.23. The van der Waals surface area contributed by atoms with Crippen molar-refractivity contribution >= 4 is 11.8 Å². The van der Waals surface area contributed by atoms with E-state index in [1.165, 1.54) is 17.1 Å². The molecule has 0 unspecified atom stereocenters. The molecule has 1 aliphatic heterocycles. The van der Waals surface area contributed by atoms with Gasteiger partial charge in [-0.3, -0.25) is 19.4 Å². The maximum atomic E-state index is 11.7. The Hall–Kier alpha value is -1.24. The van der Waals surface area contributed by atoms with Crippen LogP contribution in [0.15, 0.2) is 12.2 Å². The summed E-state index contributed by atoms with van der Waals surface area (Å²) in [4.78, 5) is 26.9. The molecule has 0 bridgehead atoms. The van der Waals surface area contributed by atoms with Gasteiger partial charge in [-0.25, -0.2) is 0 Å². The van der Waals surface area contributed by atoms with Gasteiger partial charge in [0.2, 0.25) is 0 Å². The fraction of sp³-hybridized carbons (Fsp3) is 0.778. The zero-order chi connectivity index (χ0) is 18.4. The van der Waals surface area contributed by atoms with Crippen molar-refractivity contribution in [3.05, 3.63) is 12.2 Å². The number of carbonyl (C=O) groups excluding carboxylic acids is 2. The highest BCUT2D eigenvalue weighted by atomic mass is 16.2. The van der Waals surface area contributed by atoms with E-state index in [1.54, 1.807) is 0 Å². The molecule has 0 fully saturated rings. The molecule has 0 aromatic carbocycles. The minimum atomic E-state index is -0.208. The third-order valence-electron chi connectivity index (χ3n) is 3.71. The predicted octanol–water partition coefficient (Wildman–Crippen LogP) is 0.990. The second-order valence-corrected chi connectivity index (χ2v) is 8.36. The van der Waals surface area contributed by atoms with E-state index < -0.39 is 0 Å². The summed E-state index contributed by atoms with van der Waals surface area (Å²) >= 11 is 0. The third-order valence-corrected chi connectivity index (χ3v) is 3.71. The number of nitrogens with one attached hydrogen (secondary N) is 2. The van der Waals surface area contributed by atoms with E-state index in [2.05, 4.69) is 57.1 Å². The Kier molecular flexibility index (Phi) is 7.57. The van der Waals surface area contributed by atoms with E-state index in [9.17, 15) is 9.59 Å². The Morgan fingerprint density at radius 1 is 0.833 bits per heavy atom. The van der Waals surface area contributed by atoms with Gasteiger partial charge in [-0.05, 0) is 41.5 Å². The minimum Gasteiger partial charge on any atom is -0.311 e. The lowest BCUT2D eigenvalue weighted by Crippen LogP contribution is -2.47. The van der Waals surface area contributed by atoms with Crippen LogP contribution in [0.4, 0.5) is 0 Å². The normalized spacial score (nSPS) is 15.9. The van der Waals surface area contributed by atoms with Crippen LogP contribution in [0, 0.1) is 0 Å². The first-order valence-corrected chi connectivity index (χ1v) is 8.74. The molecule has 0 radical (unpaired) electrons. The zero-order valence-corrected chi connectivity index (χ0v) is 16.1. The molecule has 0 saturated heterocycles. The van der Waals surface area contributed by atoms with Crippen molar-refractivity contribution in [2.75, 3.05) is 39.3 Å². The van der Waals surface area contributed by atoms with Gasteiger partial charge in [0.1, 0.15) is 0 Å². The first-order chi connectivity index (χ1) is 11.0. The molecule has 0 spiro atoms. The number of imide groups is 1. The highest BCUT2D eigenvalue weighted by molar-refractivity contribution is 6.12. The van der Waals surface area contributed by atoms with Crippen LogP contribution < -0.4 is 10.6 Å². The molecule has 1 aliphatic rings. The van der Waals surface area contributed by atoms with E-state index in [0.29, 0.717) is 13.1 Å². The van der Waals surface area contributed by atoms with Gasteiger partial charge in [0.05, 0.1) is 0 Å². The summed E-state index contributed by atoms with van der Waals surface area (Å²) in [7, 11) is 0. The van der Waals surface area contributed by atoms with Gasteiger partial charge >= 0.3 is 0 Å². The monoisotopic (exact) mass is 338 g/mol. The summed E-state index contributed by atoms with van der Waals surface area (Å²) < 4.78 is 0. The van der Waals surface area contributed by atoms with E-state index in [4.69, 9.17) is 0 Å². The SMILES string of the molecule is CC(C)(C)NCCN(CCNC(C)(C)C)CCN1C(=O)C=CC1=O. The number of hydrogen-bond acceptors (Lipinski definition) is 5. The third kappa shape index (κ3) is 8.57. The average Bonchev–Trinajstić information content (AvgIpc) is 2.72. The summed E-state index contributed by atoms with van der Waals surface area (Å²) in [6.45, 7) is 17.5. The fourth-order valence-electron chi connectivity index (χ4n) is 2.41. The average molecular weight is 338 g/mol. The van der Waals surface area contributed by atoms with Gasteiger partial charge in [0.15, 0.2) is 0 Å². The molecule has 1 heterocycles. The van der Waals surface area contributed by atoms with Crippen LogP contribution in [0.1, 0.15) is 41.5 Å². The van der Waals surface area contributed by atoms with Crippen LogP contribution in [0.2, 0.25) is 0 Å². The number of amides is 2. The molecule has 6 nitrogen and oxygen atoms in total. The van der Waals surface area contributed by atoms with E-state index >= 15 is 0 Å². The Bertz CT molecular complexity index is 423. The van der Waals surface area contributed by atoms with Crippen molar-refractivity contribution < 1.29 is 9.59 Å². The topological polar surface area (TPSA) is 64.7 Å². The Labute approximate surface area is 146 Å². The largest absolute Gasteiger partial charge is 0.311 e. The molecule has 24 heavy (non-hydrogen) atoms. The molecule has 0 aromatic heterocycles. The second kappa shape index (κ2) is 8.74. The van der Waals surface area contributed by atoms with E-state index in [-0.39, 0.29) is 22.9 Å². The van der Waals surface area contributed by atoms with Gasteiger partial charge in [-0.15, -0.1) is 0 Å². The van der Waals surface area contributed by atoms with Crippen LogP contribution >= 0.6 is 0 Å². The van der Waals surface area contributed by atoms with Crippen LogP contribution in [0.25, 0.3) is 0 Å². The number of hydrogen-bond donors (Lipinski definition) is 2. The molecule has 138 valence electrons. The van der Waals surface area contributed by atoms with E-state index in [1.807, 2.05) is 0 Å².